The van der Waals surface area contributed by atoms with Crippen molar-refractivity contribution >= 4 is 8.25 Å². The molecule has 0 saturated carbocycles. The highest BCUT2D eigenvalue weighted by molar-refractivity contribution is 7.32. The molecule has 1 aromatic rings. The van der Waals surface area contributed by atoms with Crippen LogP contribution in [-0.4, -0.2) is 64.8 Å². The Morgan fingerprint density at radius 1 is 1.36 bits per heavy atom. The smallest absolute Gasteiger partial charge is 0.330 e. The van der Waals surface area contributed by atoms with Gasteiger partial charge in [-0.25, -0.2) is 4.79 Å². The summed E-state index contributed by atoms with van der Waals surface area (Å²) in [5.41, 5.74) is -1.02. The van der Waals surface area contributed by atoms with Crippen LogP contribution in [0, 0.1) is 6.92 Å². The first-order valence-electron chi connectivity index (χ1n) is 7.47. The third-order valence-corrected chi connectivity index (χ3v) is 4.19. The molecule has 1 aliphatic heterocycles. The van der Waals surface area contributed by atoms with Gasteiger partial charge in [-0.3, -0.25) is 18.9 Å². The number of ether oxygens (including phenoxy) is 3. The molecule has 3 N–H and O–H groups in total. The number of hydrogen-bond donors (Lipinski definition) is 3. The maximum Gasteiger partial charge on any atom is 0.330 e. The number of aromatic amines is 1. The molecule has 0 amide bonds. The van der Waals surface area contributed by atoms with Gasteiger partial charge in [-0.1, -0.05) is 0 Å². The van der Waals surface area contributed by atoms with Crippen LogP contribution in [0.15, 0.2) is 15.8 Å². The lowest BCUT2D eigenvalue weighted by molar-refractivity contribution is -0.0811. The van der Waals surface area contributed by atoms with Gasteiger partial charge in [0.05, 0.1) is 19.8 Å². The zero-order valence-corrected chi connectivity index (χ0v) is 14.7. The van der Waals surface area contributed by atoms with Gasteiger partial charge in [0, 0.05) is 18.9 Å². The molecule has 2 rings (SSSR count). The van der Waals surface area contributed by atoms with E-state index in [4.69, 9.17) is 23.6 Å². The fourth-order valence-electron chi connectivity index (χ4n) is 2.56. The van der Waals surface area contributed by atoms with Crippen LogP contribution in [0.2, 0.25) is 0 Å². The number of nitrogens with zero attached hydrogens (tertiary/aromatic N) is 1. The number of aliphatic hydroxyl groups is 1. The maximum atomic E-state index is 12.1. The molecule has 0 aliphatic carbocycles. The summed E-state index contributed by atoms with van der Waals surface area (Å²) in [4.78, 5) is 34.9. The first kappa shape index (κ1) is 20.0. The minimum Gasteiger partial charge on any atom is -0.394 e. The molecule has 0 aromatic carbocycles. The molecule has 0 radical (unpaired) electrons. The fourth-order valence-corrected chi connectivity index (χ4v) is 3.08. The summed E-state index contributed by atoms with van der Waals surface area (Å²) in [6.07, 6.45) is -2.82. The lowest BCUT2D eigenvalue weighted by Crippen LogP contribution is -2.41. The Balaban J connectivity index is 2.39. The first-order valence-corrected chi connectivity index (χ1v) is 8.74. The molecule has 1 saturated heterocycles. The second-order valence-corrected chi connectivity index (χ2v) is 6.17. The van der Waals surface area contributed by atoms with E-state index in [9.17, 15) is 19.3 Å². The Labute approximate surface area is 143 Å². The lowest BCUT2D eigenvalue weighted by atomic mass is 10.1. The number of hydrogen-bond acceptors (Lipinski definition) is 8. The minimum atomic E-state index is -3.35. The van der Waals surface area contributed by atoms with Gasteiger partial charge in [-0.05, 0) is 6.92 Å². The number of aliphatic hydroxyl groups excluding tert-OH is 1. The van der Waals surface area contributed by atoms with Crippen molar-refractivity contribution in [1.29, 1.82) is 0 Å². The topological polar surface area (TPSA) is 149 Å². The van der Waals surface area contributed by atoms with Gasteiger partial charge in [0.2, 0.25) is 0 Å². The monoisotopic (exact) mass is 380 g/mol. The summed E-state index contributed by atoms with van der Waals surface area (Å²) in [5, 5.41) is 9.47. The molecule has 1 aliphatic rings. The van der Waals surface area contributed by atoms with Crippen LogP contribution in [0.4, 0.5) is 0 Å². The van der Waals surface area contributed by atoms with Crippen LogP contribution < -0.4 is 11.2 Å². The highest BCUT2D eigenvalue weighted by atomic mass is 31.1. The Morgan fingerprint density at radius 2 is 2.08 bits per heavy atom. The van der Waals surface area contributed by atoms with Gasteiger partial charge in [-0.2, -0.15) is 0 Å². The molecule has 0 spiro atoms. The van der Waals surface area contributed by atoms with Crippen molar-refractivity contribution in [3.05, 3.63) is 32.6 Å². The maximum absolute atomic E-state index is 12.1. The van der Waals surface area contributed by atoms with Crippen LogP contribution in [0.5, 0.6) is 0 Å². The number of aromatic nitrogens is 2. The molecule has 11 nitrogen and oxygen atoms in total. The van der Waals surface area contributed by atoms with Gasteiger partial charge >= 0.3 is 13.9 Å². The zero-order valence-electron chi connectivity index (χ0n) is 13.7. The van der Waals surface area contributed by atoms with Crippen molar-refractivity contribution in [2.75, 3.05) is 26.9 Å². The number of nitrogens with one attached hydrogen (secondary N) is 1. The van der Waals surface area contributed by atoms with E-state index < -0.39 is 50.7 Å². The van der Waals surface area contributed by atoms with Gasteiger partial charge in [0.1, 0.15) is 18.3 Å². The van der Waals surface area contributed by atoms with Crippen molar-refractivity contribution in [3.8, 4) is 0 Å². The van der Waals surface area contributed by atoms with Crippen LogP contribution in [-0.2, 0) is 23.3 Å². The van der Waals surface area contributed by atoms with E-state index in [0.29, 0.717) is 0 Å². The zero-order chi connectivity index (χ0) is 18.6. The molecule has 1 aromatic heterocycles. The fraction of sp³-hybridized carbons (Fsp3) is 0.692. The Kier molecular flexibility index (Phi) is 7.08. The van der Waals surface area contributed by atoms with Crippen molar-refractivity contribution in [1.82, 2.24) is 9.55 Å². The summed E-state index contributed by atoms with van der Waals surface area (Å²) in [5.74, 6) is 0. The Bertz CT molecular complexity index is 718. The SMILES string of the molecule is COCCO[C@H]1C(O[PH](=O)O)[C@@H](CO)O[C@H]1n1cc(C)c(=O)[nH]c1=O. The van der Waals surface area contributed by atoms with Crippen LogP contribution in [0.25, 0.3) is 0 Å². The van der Waals surface area contributed by atoms with Crippen LogP contribution >= 0.6 is 8.25 Å². The first-order chi connectivity index (χ1) is 11.9. The molecular formula is C13H21N2O9P. The van der Waals surface area contributed by atoms with E-state index in [1.165, 1.54) is 20.2 Å². The molecule has 2 heterocycles. The summed E-state index contributed by atoms with van der Waals surface area (Å²) in [7, 11) is -1.88. The predicted molar refractivity (Wildman–Crippen MR) is 84.8 cm³/mol. The molecule has 12 heteroatoms. The standard InChI is InChI=1S/C13H21N2O9P/c1-7-5-15(13(18)14-11(7)17)12-10(22-4-3-21-2)9(24-25(19)20)8(6-16)23-12/h5,8-10,12,16,25H,3-4,6H2,1-2H3,(H,19,20)(H,14,17,18)/t8-,9?,10+,12-/m1/s1. The Hall–Kier alpha value is -1.33. The summed E-state index contributed by atoms with van der Waals surface area (Å²) in [6, 6.07) is 0. The molecule has 1 fully saturated rings. The normalized spacial score (nSPS) is 27.5. The van der Waals surface area contributed by atoms with Gasteiger partial charge in [0.15, 0.2) is 6.23 Å². The minimum absolute atomic E-state index is 0.0997. The molecule has 5 atom stereocenters. The summed E-state index contributed by atoms with van der Waals surface area (Å²) >= 11 is 0. The number of rotatable bonds is 8. The molecule has 142 valence electrons. The second-order valence-electron chi connectivity index (χ2n) is 5.40. The van der Waals surface area contributed by atoms with Gasteiger partial charge in [-0.15, -0.1) is 0 Å². The summed E-state index contributed by atoms with van der Waals surface area (Å²) < 4.78 is 33.3. The lowest BCUT2D eigenvalue weighted by Gasteiger charge is -2.24. The predicted octanol–water partition coefficient (Wildman–Crippen LogP) is -1.47. The second kappa shape index (κ2) is 8.86. The van der Waals surface area contributed by atoms with E-state index in [2.05, 4.69) is 4.98 Å². The van der Waals surface area contributed by atoms with Crippen LogP contribution in [0.1, 0.15) is 11.8 Å². The third kappa shape index (κ3) is 4.64. The number of H-pyrrole nitrogens is 1. The van der Waals surface area contributed by atoms with Gasteiger partial charge in [0.25, 0.3) is 5.56 Å². The van der Waals surface area contributed by atoms with E-state index in [1.54, 1.807) is 0 Å². The Morgan fingerprint density at radius 3 is 2.68 bits per heavy atom. The molecule has 0 bridgehead atoms. The van der Waals surface area contributed by atoms with E-state index in [0.717, 1.165) is 4.57 Å². The largest absolute Gasteiger partial charge is 0.394 e. The van der Waals surface area contributed by atoms with Crippen LogP contribution in [0.3, 0.4) is 0 Å². The molecule has 25 heavy (non-hydrogen) atoms. The number of methoxy groups -OCH3 is 1. The highest BCUT2D eigenvalue weighted by Gasteiger charge is 2.48. The highest BCUT2D eigenvalue weighted by Crippen LogP contribution is 2.37. The van der Waals surface area contributed by atoms with E-state index >= 15 is 0 Å². The van der Waals surface area contributed by atoms with Crippen molar-refractivity contribution < 1.29 is 33.3 Å². The average molecular weight is 380 g/mol. The summed E-state index contributed by atoms with van der Waals surface area (Å²) in [6.45, 7) is 1.32. The molecule has 2 unspecified atom stereocenters. The van der Waals surface area contributed by atoms with E-state index in [-0.39, 0.29) is 18.8 Å². The molecular weight excluding hydrogens is 359 g/mol. The average Bonchev–Trinajstić information content (AvgIpc) is 2.88. The van der Waals surface area contributed by atoms with Gasteiger partial charge < -0.3 is 28.7 Å². The van der Waals surface area contributed by atoms with E-state index in [1.807, 2.05) is 0 Å². The van der Waals surface area contributed by atoms with Crippen molar-refractivity contribution in [2.45, 2.75) is 31.5 Å². The number of aryl methyl sites for hydroxylation is 1. The van der Waals surface area contributed by atoms with Crippen molar-refractivity contribution in [2.24, 2.45) is 0 Å². The third-order valence-electron chi connectivity index (χ3n) is 3.72. The quantitative estimate of drug-likeness (QED) is 0.363. The van der Waals surface area contributed by atoms with Crippen molar-refractivity contribution in [3.63, 3.8) is 0 Å².